The van der Waals surface area contributed by atoms with E-state index in [1.54, 1.807) is 6.07 Å². The van der Waals surface area contributed by atoms with Crippen LogP contribution in [0.5, 0.6) is 0 Å². The quantitative estimate of drug-likeness (QED) is 0.786. The molecule has 0 aliphatic heterocycles. The van der Waals surface area contributed by atoms with Crippen LogP contribution in [0.25, 0.3) is 0 Å². The molecule has 1 N–H and O–H groups in total. The number of aromatic nitrogens is 1. The Morgan fingerprint density at radius 3 is 2.57 bits per heavy atom. The Bertz CT molecular complexity index is 408. The van der Waals surface area contributed by atoms with E-state index in [2.05, 4.69) is 5.16 Å². The maximum atomic E-state index is 9.87. The van der Waals surface area contributed by atoms with E-state index in [-0.39, 0.29) is 0 Å². The van der Waals surface area contributed by atoms with E-state index in [1.807, 2.05) is 37.3 Å². The number of hydrogen-bond acceptors (Lipinski definition) is 3. The highest BCUT2D eigenvalue weighted by atomic mass is 16.5. The number of aryl methyl sites for hydroxylation is 1. The molecule has 3 heteroatoms. The largest absolute Gasteiger partial charge is 0.380 e. The van der Waals surface area contributed by atoms with Gasteiger partial charge in [-0.15, -0.1) is 0 Å². The average molecular weight is 189 g/mol. The SMILES string of the molecule is Cc1cc(C(O)c2ccccc2)on1. The molecule has 2 rings (SSSR count). The molecular formula is C11H11NO2. The fraction of sp³-hybridized carbons (Fsp3) is 0.182. The Kier molecular flexibility index (Phi) is 2.33. The van der Waals surface area contributed by atoms with Crippen LogP contribution in [0.3, 0.4) is 0 Å². The summed E-state index contributed by atoms with van der Waals surface area (Å²) in [6.45, 7) is 1.82. The van der Waals surface area contributed by atoms with Crippen molar-refractivity contribution in [3.63, 3.8) is 0 Å². The van der Waals surface area contributed by atoms with Crippen LogP contribution in [0.4, 0.5) is 0 Å². The van der Waals surface area contributed by atoms with Gasteiger partial charge in [-0.3, -0.25) is 0 Å². The molecule has 3 nitrogen and oxygen atoms in total. The molecule has 14 heavy (non-hydrogen) atoms. The summed E-state index contributed by atoms with van der Waals surface area (Å²) in [6, 6.07) is 11.1. The minimum atomic E-state index is -0.725. The Balaban J connectivity index is 2.29. The van der Waals surface area contributed by atoms with Crippen LogP contribution in [0.2, 0.25) is 0 Å². The number of aliphatic hydroxyl groups excluding tert-OH is 1. The first-order chi connectivity index (χ1) is 6.77. The van der Waals surface area contributed by atoms with E-state index in [9.17, 15) is 5.11 Å². The minimum Gasteiger partial charge on any atom is -0.380 e. The molecule has 0 radical (unpaired) electrons. The molecule has 1 atom stereocenters. The van der Waals surface area contributed by atoms with Gasteiger partial charge in [-0.05, 0) is 12.5 Å². The van der Waals surface area contributed by atoms with E-state index in [0.29, 0.717) is 5.76 Å². The first-order valence-electron chi connectivity index (χ1n) is 4.43. The molecule has 0 aliphatic carbocycles. The maximum Gasteiger partial charge on any atom is 0.169 e. The lowest BCUT2D eigenvalue weighted by atomic mass is 10.1. The monoisotopic (exact) mass is 189 g/mol. The Hall–Kier alpha value is -1.61. The van der Waals surface area contributed by atoms with Crippen molar-refractivity contribution in [3.05, 3.63) is 53.4 Å². The topological polar surface area (TPSA) is 46.3 Å². The predicted molar refractivity (Wildman–Crippen MR) is 51.7 cm³/mol. The van der Waals surface area contributed by atoms with Gasteiger partial charge < -0.3 is 9.63 Å². The summed E-state index contributed by atoms with van der Waals surface area (Å²) in [5, 5.41) is 13.6. The summed E-state index contributed by atoms with van der Waals surface area (Å²) in [5.41, 5.74) is 1.58. The molecule has 0 amide bonds. The Morgan fingerprint density at radius 2 is 2.00 bits per heavy atom. The van der Waals surface area contributed by atoms with E-state index in [4.69, 9.17) is 4.52 Å². The van der Waals surface area contributed by atoms with Crippen molar-refractivity contribution in [1.82, 2.24) is 5.16 Å². The Morgan fingerprint density at radius 1 is 1.29 bits per heavy atom. The van der Waals surface area contributed by atoms with Gasteiger partial charge in [0.2, 0.25) is 0 Å². The number of aliphatic hydroxyl groups is 1. The number of rotatable bonds is 2. The zero-order valence-corrected chi connectivity index (χ0v) is 7.84. The molecule has 0 spiro atoms. The zero-order valence-electron chi connectivity index (χ0n) is 7.84. The predicted octanol–water partition coefficient (Wildman–Crippen LogP) is 2.06. The van der Waals surface area contributed by atoms with Gasteiger partial charge in [0.15, 0.2) is 5.76 Å². The lowest BCUT2D eigenvalue weighted by molar-refractivity contribution is 0.176. The minimum absolute atomic E-state index is 0.480. The van der Waals surface area contributed by atoms with Gasteiger partial charge in [0, 0.05) is 6.07 Å². The van der Waals surface area contributed by atoms with Crippen molar-refractivity contribution in [3.8, 4) is 0 Å². The average Bonchev–Trinajstić information content (AvgIpc) is 2.65. The van der Waals surface area contributed by atoms with Gasteiger partial charge in [0.1, 0.15) is 6.10 Å². The highest BCUT2D eigenvalue weighted by molar-refractivity contribution is 5.24. The van der Waals surface area contributed by atoms with Crippen molar-refractivity contribution < 1.29 is 9.63 Å². The zero-order chi connectivity index (χ0) is 9.97. The van der Waals surface area contributed by atoms with Crippen molar-refractivity contribution >= 4 is 0 Å². The number of benzene rings is 1. The second-order valence-corrected chi connectivity index (χ2v) is 3.18. The Labute approximate surface area is 82.0 Å². The second kappa shape index (κ2) is 3.64. The fourth-order valence-corrected chi connectivity index (χ4v) is 1.31. The fourth-order valence-electron chi connectivity index (χ4n) is 1.31. The van der Waals surface area contributed by atoms with Crippen LogP contribution in [0, 0.1) is 6.92 Å². The van der Waals surface area contributed by atoms with Gasteiger partial charge >= 0.3 is 0 Å². The van der Waals surface area contributed by atoms with Crippen LogP contribution in [-0.4, -0.2) is 10.3 Å². The van der Waals surface area contributed by atoms with Crippen LogP contribution < -0.4 is 0 Å². The third-order valence-corrected chi connectivity index (χ3v) is 2.03. The summed E-state index contributed by atoms with van der Waals surface area (Å²) >= 11 is 0. The van der Waals surface area contributed by atoms with E-state index >= 15 is 0 Å². The molecule has 0 saturated heterocycles. The molecule has 2 aromatic rings. The van der Waals surface area contributed by atoms with Gasteiger partial charge in [-0.25, -0.2) is 0 Å². The molecule has 1 aromatic carbocycles. The summed E-state index contributed by atoms with van der Waals surface area (Å²) in [6.07, 6.45) is -0.725. The van der Waals surface area contributed by atoms with Crippen LogP contribution in [0.15, 0.2) is 40.9 Å². The van der Waals surface area contributed by atoms with Gasteiger partial charge in [0.05, 0.1) is 5.69 Å². The molecular weight excluding hydrogens is 178 g/mol. The molecule has 1 unspecified atom stereocenters. The maximum absolute atomic E-state index is 9.87. The summed E-state index contributed by atoms with van der Waals surface area (Å²) in [5.74, 6) is 0.480. The molecule has 1 heterocycles. The molecule has 0 bridgehead atoms. The highest BCUT2D eigenvalue weighted by Crippen LogP contribution is 2.21. The van der Waals surface area contributed by atoms with E-state index in [1.165, 1.54) is 0 Å². The third kappa shape index (κ3) is 1.67. The molecule has 1 aromatic heterocycles. The molecule has 72 valence electrons. The summed E-state index contributed by atoms with van der Waals surface area (Å²) in [7, 11) is 0. The van der Waals surface area contributed by atoms with Crippen LogP contribution in [-0.2, 0) is 0 Å². The lowest BCUT2D eigenvalue weighted by Gasteiger charge is -2.05. The van der Waals surface area contributed by atoms with Gasteiger partial charge in [-0.1, -0.05) is 35.5 Å². The van der Waals surface area contributed by atoms with E-state index in [0.717, 1.165) is 11.3 Å². The number of hydrogen-bond donors (Lipinski definition) is 1. The summed E-state index contributed by atoms with van der Waals surface area (Å²) in [4.78, 5) is 0. The third-order valence-electron chi connectivity index (χ3n) is 2.03. The molecule has 0 saturated carbocycles. The number of nitrogens with zero attached hydrogens (tertiary/aromatic N) is 1. The summed E-state index contributed by atoms with van der Waals surface area (Å²) < 4.78 is 4.98. The van der Waals surface area contributed by atoms with Crippen LogP contribution in [0.1, 0.15) is 23.1 Å². The van der Waals surface area contributed by atoms with Gasteiger partial charge in [0.25, 0.3) is 0 Å². The smallest absolute Gasteiger partial charge is 0.169 e. The first-order valence-corrected chi connectivity index (χ1v) is 4.43. The van der Waals surface area contributed by atoms with Gasteiger partial charge in [-0.2, -0.15) is 0 Å². The van der Waals surface area contributed by atoms with Crippen molar-refractivity contribution in [2.45, 2.75) is 13.0 Å². The van der Waals surface area contributed by atoms with Crippen molar-refractivity contribution in [2.24, 2.45) is 0 Å². The highest BCUT2D eigenvalue weighted by Gasteiger charge is 2.14. The second-order valence-electron chi connectivity index (χ2n) is 3.18. The lowest BCUT2D eigenvalue weighted by Crippen LogP contribution is -1.96. The van der Waals surface area contributed by atoms with Crippen molar-refractivity contribution in [1.29, 1.82) is 0 Å². The van der Waals surface area contributed by atoms with Crippen molar-refractivity contribution in [2.75, 3.05) is 0 Å². The van der Waals surface area contributed by atoms with E-state index < -0.39 is 6.10 Å². The normalized spacial score (nSPS) is 12.7. The molecule has 0 fully saturated rings. The molecule has 0 aliphatic rings. The van der Waals surface area contributed by atoms with Crippen LogP contribution >= 0.6 is 0 Å². The standard InChI is InChI=1S/C11H11NO2/c1-8-7-10(14-12-8)11(13)9-5-3-2-4-6-9/h2-7,11,13H,1H3. The first kappa shape index (κ1) is 8.97.